The maximum absolute atomic E-state index is 13.9. The molecule has 1 aliphatic rings. The number of nitrogens with zero attached hydrogens (tertiary/aromatic N) is 3. The van der Waals surface area contributed by atoms with Crippen molar-refractivity contribution in [1.82, 2.24) is 4.57 Å². The molecule has 9 heteroatoms. The minimum absolute atomic E-state index is 0.0669. The van der Waals surface area contributed by atoms with E-state index in [1.165, 1.54) is 11.3 Å². The standard InChI is InChI=1S/C30H22BrN3O4S/c1-2-37-29(36)25-26(20-9-5-3-6-10-20)33-30-34(27(25)21-11-7-4-8-12-21)28(35)24(39-30)18-19-13-14-23(22(31)17-19)38-16-15-32/h3-14,17-18,27H,2,16H2,1H3/b24-18-/t27-/m1/s1. The summed E-state index contributed by atoms with van der Waals surface area (Å²) >= 11 is 4.72. The summed E-state index contributed by atoms with van der Waals surface area (Å²) in [4.78, 5) is 32.7. The molecule has 1 aromatic heterocycles. The van der Waals surface area contributed by atoms with Crippen molar-refractivity contribution in [2.45, 2.75) is 13.0 Å². The Morgan fingerprint density at radius 3 is 2.51 bits per heavy atom. The van der Waals surface area contributed by atoms with E-state index < -0.39 is 12.0 Å². The van der Waals surface area contributed by atoms with Gasteiger partial charge in [-0.1, -0.05) is 78.1 Å². The fourth-order valence-corrected chi connectivity index (χ4v) is 5.89. The number of halogens is 1. The number of carbonyl (C=O) groups is 1. The molecule has 0 saturated heterocycles. The smallest absolute Gasteiger partial charge is 0.338 e. The normalized spacial score (nSPS) is 14.8. The van der Waals surface area contributed by atoms with Crippen LogP contribution in [0, 0.1) is 11.3 Å². The SMILES string of the molecule is CCOC(=O)C1=C(c2ccccc2)N=c2s/c(=C\c3ccc(OCC#N)c(Br)c3)c(=O)n2[C@@H]1c1ccccc1. The largest absolute Gasteiger partial charge is 0.478 e. The van der Waals surface area contributed by atoms with E-state index >= 15 is 0 Å². The van der Waals surface area contributed by atoms with Crippen LogP contribution in [-0.4, -0.2) is 23.8 Å². The van der Waals surface area contributed by atoms with Crippen LogP contribution < -0.4 is 19.6 Å². The maximum Gasteiger partial charge on any atom is 0.338 e. The van der Waals surface area contributed by atoms with Gasteiger partial charge in [0.2, 0.25) is 0 Å². The second-order valence-electron chi connectivity index (χ2n) is 8.48. The lowest BCUT2D eigenvalue weighted by Gasteiger charge is -2.25. The number of ether oxygens (including phenoxy) is 2. The molecule has 0 aliphatic carbocycles. The quantitative estimate of drug-likeness (QED) is 0.289. The molecule has 3 aromatic carbocycles. The summed E-state index contributed by atoms with van der Waals surface area (Å²) in [6.45, 7) is 1.88. The van der Waals surface area contributed by atoms with E-state index in [2.05, 4.69) is 15.9 Å². The van der Waals surface area contributed by atoms with Gasteiger partial charge in [0.1, 0.15) is 11.8 Å². The first kappa shape index (κ1) is 26.4. The highest BCUT2D eigenvalue weighted by molar-refractivity contribution is 9.10. The van der Waals surface area contributed by atoms with Gasteiger partial charge in [-0.15, -0.1) is 0 Å². The Morgan fingerprint density at radius 1 is 1.13 bits per heavy atom. The molecule has 0 bridgehead atoms. The van der Waals surface area contributed by atoms with E-state index in [0.29, 0.717) is 30.8 Å². The number of rotatable bonds is 7. The summed E-state index contributed by atoms with van der Waals surface area (Å²) in [6.07, 6.45) is 1.78. The lowest BCUT2D eigenvalue weighted by molar-refractivity contribution is -0.138. The first-order valence-corrected chi connectivity index (χ1v) is 13.8. The predicted octanol–water partition coefficient (Wildman–Crippen LogP) is 4.60. The fourth-order valence-electron chi connectivity index (χ4n) is 4.38. The van der Waals surface area contributed by atoms with Crippen LogP contribution in [0.1, 0.15) is 29.7 Å². The van der Waals surface area contributed by atoms with Gasteiger partial charge >= 0.3 is 5.97 Å². The van der Waals surface area contributed by atoms with Gasteiger partial charge in [-0.3, -0.25) is 9.36 Å². The van der Waals surface area contributed by atoms with Crippen LogP contribution in [0.5, 0.6) is 5.75 Å². The van der Waals surface area contributed by atoms with Gasteiger partial charge in [0.25, 0.3) is 5.56 Å². The molecule has 0 N–H and O–H groups in total. The van der Waals surface area contributed by atoms with Crippen molar-refractivity contribution in [2.75, 3.05) is 13.2 Å². The average Bonchev–Trinajstić information content (AvgIpc) is 3.27. The highest BCUT2D eigenvalue weighted by atomic mass is 79.9. The van der Waals surface area contributed by atoms with E-state index in [-0.39, 0.29) is 18.8 Å². The van der Waals surface area contributed by atoms with E-state index in [4.69, 9.17) is 19.7 Å². The third kappa shape index (κ3) is 5.35. The number of thiazole rings is 1. The van der Waals surface area contributed by atoms with Crippen LogP contribution in [0.15, 0.2) is 98.7 Å². The number of carbonyl (C=O) groups excluding carboxylic acids is 1. The van der Waals surface area contributed by atoms with E-state index in [9.17, 15) is 9.59 Å². The number of hydrogen-bond donors (Lipinski definition) is 0. The Bertz CT molecular complexity index is 1790. The zero-order valence-corrected chi connectivity index (χ0v) is 23.2. The second-order valence-corrected chi connectivity index (χ2v) is 10.3. The molecule has 7 nitrogen and oxygen atoms in total. The molecule has 5 rings (SSSR count). The summed E-state index contributed by atoms with van der Waals surface area (Å²) in [7, 11) is 0. The zero-order valence-electron chi connectivity index (χ0n) is 20.8. The highest BCUT2D eigenvalue weighted by Gasteiger charge is 2.35. The molecule has 0 spiro atoms. The molecular weight excluding hydrogens is 578 g/mol. The van der Waals surface area contributed by atoms with E-state index in [1.54, 1.807) is 23.6 Å². The van der Waals surface area contributed by atoms with Crippen molar-refractivity contribution in [3.8, 4) is 11.8 Å². The van der Waals surface area contributed by atoms with Gasteiger partial charge < -0.3 is 9.47 Å². The number of fused-ring (bicyclic) bond motifs is 1. The molecule has 4 aromatic rings. The number of benzene rings is 3. The molecule has 2 heterocycles. The Kier molecular flexibility index (Phi) is 7.87. The van der Waals surface area contributed by atoms with Crippen molar-refractivity contribution in [2.24, 2.45) is 4.99 Å². The fraction of sp³-hybridized carbons (Fsp3) is 0.133. The first-order chi connectivity index (χ1) is 19.0. The van der Waals surface area contributed by atoms with Crippen LogP contribution in [0.4, 0.5) is 0 Å². The minimum Gasteiger partial charge on any atom is -0.478 e. The monoisotopic (exact) mass is 599 g/mol. The molecule has 0 radical (unpaired) electrons. The lowest BCUT2D eigenvalue weighted by Crippen LogP contribution is -2.39. The van der Waals surface area contributed by atoms with E-state index in [0.717, 1.165) is 16.7 Å². The zero-order chi connectivity index (χ0) is 27.4. The van der Waals surface area contributed by atoms with Gasteiger partial charge in [-0.25, -0.2) is 9.79 Å². The third-order valence-electron chi connectivity index (χ3n) is 6.03. The molecule has 1 atom stereocenters. The molecule has 0 unspecified atom stereocenters. The highest BCUT2D eigenvalue weighted by Crippen LogP contribution is 2.35. The summed E-state index contributed by atoms with van der Waals surface area (Å²) in [5.74, 6) is 0.0194. The summed E-state index contributed by atoms with van der Waals surface area (Å²) in [5.41, 5.74) is 2.84. The molecular formula is C30H22BrN3O4S. The van der Waals surface area contributed by atoms with Crippen molar-refractivity contribution in [3.63, 3.8) is 0 Å². The summed E-state index contributed by atoms with van der Waals surface area (Å²) in [5, 5.41) is 8.78. The number of aromatic nitrogens is 1. The Balaban J connectivity index is 1.74. The number of hydrogen-bond acceptors (Lipinski definition) is 7. The second kappa shape index (κ2) is 11.6. The molecule has 194 valence electrons. The molecule has 0 saturated carbocycles. The summed E-state index contributed by atoms with van der Waals surface area (Å²) in [6, 6.07) is 25.5. The van der Waals surface area contributed by atoms with Gasteiger partial charge in [0, 0.05) is 5.56 Å². The van der Waals surface area contributed by atoms with Gasteiger partial charge in [0.15, 0.2) is 11.4 Å². The van der Waals surface area contributed by atoms with Crippen molar-refractivity contribution < 1.29 is 14.3 Å². The summed E-state index contributed by atoms with van der Waals surface area (Å²) < 4.78 is 13.6. The Labute approximate surface area is 236 Å². The van der Waals surface area contributed by atoms with Crippen LogP contribution in [0.2, 0.25) is 0 Å². The van der Waals surface area contributed by atoms with Crippen molar-refractivity contribution in [3.05, 3.63) is 125 Å². The minimum atomic E-state index is -0.715. The lowest BCUT2D eigenvalue weighted by atomic mass is 9.93. The molecule has 0 fully saturated rings. The van der Waals surface area contributed by atoms with Gasteiger partial charge in [-0.05, 0) is 52.2 Å². The van der Waals surface area contributed by atoms with Crippen molar-refractivity contribution in [1.29, 1.82) is 5.26 Å². The Hall–Kier alpha value is -4.26. The van der Waals surface area contributed by atoms with Gasteiger partial charge in [0.05, 0.1) is 32.9 Å². The van der Waals surface area contributed by atoms with Crippen LogP contribution in [0.3, 0.4) is 0 Å². The predicted molar refractivity (Wildman–Crippen MR) is 153 cm³/mol. The van der Waals surface area contributed by atoms with E-state index in [1.807, 2.05) is 78.9 Å². The number of esters is 1. The topological polar surface area (TPSA) is 93.7 Å². The molecule has 39 heavy (non-hydrogen) atoms. The first-order valence-electron chi connectivity index (χ1n) is 12.1. The molecule has 1 aliphatic heterocycles. The average molecular weight is 600 g/mol. The van der Waals surface area contributed by atoms with Gasteiger partial charge in [-0.2, -0.15) is 5.26 Å². The van der Waals surface area contributed by atoms with Crippen LogP contribution >= 0.6 is 27.3 Å². The van der Waals surface area contributed by atoms with Crippen LogP contribution in [-0.2, 0) is 9.53 Å². The van der Waals surface area contributed by atoms with Crippen LogP contribution in [0.25, 0.3) is 11.8 Å². The maximum atomic E-state index is 13.9. The number of nitriles is 1. The third-order valence-corrected chi connectivity index (χ3v) is 7.64. The van der Waals surface area contributed by atoms with Crippen molar-refractivity contribution >= 4 is 45.0 Å². The Morgan fingerprint density at radius 2 is 1.85 bits per heavy atom. The molecule has 0 amide bonds.